The average Bonchev–Trinajstić information content (AvgIpc) is 2.27. The van der Waals surface area contributed by atoms with Gasteiger partial charge < -0.3 is 5.73 Å². The standard InChI is InChI=1S/C13H13FN2OS/c1-9-2-10(7-16-6-9)8-18(17)13-4-11(14)3-12(15)5-13/h2-7H,8,15H2,1H3. The van der Waals surface area contributed by atoms with Gasteiger partial charge >= 0.3 is 0 Å². The molecule has 0 fully saturated rings. The van der Waals surface area contributed by atoms with Crippen LogP contribution in [0.25, 0.3) is 0 Å². The largest absolute Gasteiger partial charge is 0.399 e. The summed E-state index contributed by atoms with van der Waals surface area (Å²) in [7, 11) is -1.32. The molecule has 2 aromatic rings. The molecule has 0 saturated carbocycles. The van der Waals surface area contributed by atoms with Crippen molar-refractivity contribution in [2.45, 2.75) is 17.6 Å². The Hall–Kier alpha value is -1.75. The summed E-state index contributed by atoms with van der Waals surface area (Å²) in [6, 6.07) is 5.89. The van der Waals surface area contributed by atoms with Gasteiger partial charge in [-0.05, 0) is 36.2 Å². The number of pyridine rings is 1. The Labute approximate surface area is 107 Å². The van der Waals surface area contributed by atoms with E-state index in [1.165, 1.54) is 18.2 Å². The number of anilines is 1. The van der Waals surface area contributed by atoms with Gasteiger partial charge in [0.15, 0.2) is 0 Å². The fourth-order valence-electron chi connectivity index (χ4n) is 1.65. The highest BCUT2D eigenvalue weighted by Crippen LogP contribution is 2.17. The first-order valence-corrected chi connectivity index (χ1v) is 6.71. The molecule has 1 unspecified atom stereocenters. The van der Waals surface area contributed by atoms with Crippen LogP contribution in [0.1, 0.15) is 11.1 Å². The molecule has 0 radical (unpaired) electrons. The van der Waals surface area contributed by atoms with Crippen molar-refractivity contribution in [3.8, 4) is 0 Å². The van der Waals surface area contributed by atoms with Gasteiger partial charge in [0.2, 0.25) is 0 Å². The van der Waals surface area contributed by atoms with Crippen LogP contribution in [0.15, 0.2) is 41.6 Å². The Kier molecular flexibility index (Phi) is 3.72. The van der Waals surface area contributed by atoms with E-state index < -0.39 is 16.6 Å². The lowest BCUT2D eigenvalue weighted by molar-refractivity contribution is 0.623. The number of hydrogen-bond acceptors (Lipinski definition) is 3. The van der Waals surface area contributed by atoms with E-state index in [0.29, 0.717) is 10.6 Å². The summed E-state index contributed by atoms with van der Waals surface area (Å²) < 4.78 is 25.3. The molecule has 18 heavy (non-hydrogen) atoms. The van der Waals surface area contributed by atoms with Crippen molar-refractivity contribution in [2.24, 2.45) is 0 Å². The molecule has 1 aromatic carbocycles. The average molecular weight is 264 g/mol. The minimum absolute atomic E-state index is 0.278. The molecule has 2 rings (SSSR count). The smallest absolute Gasteiger partial charge is 0.126 e. The highest BCUT2D eigenvalue weighted by atomic mass is 32.2. The van der Waals surface area contributed by atoms with Gasteiger partial charge in [0, 0.05) is 23.0 Å². The van der Waals surface area contributed by atoms with Gasteiger partial charge in [0.1, 0.15) is 5.82 Å². The van der Waals surface area contributed by atoms with Gasteiger partial charge in [-0.3, -0.25) is 9.19 Å². The third-order valence-electron chi connectivity index (χ3n) is 2.39. The number of aryl methyl sites for hydroxylation is 1. The Balaban J connectivity index is 2.22. The van der Waals surface area contributed by atoms with Crippen molar-refractivity contribution >= 4 is 16.5 Å². The Morgan fingerprint density at radius 2 is 2.06 bits per heavy atom. The molecular weight excluding hydrogens is 251 g/mol. The second-order valence-electron chi connectivity index (χ2n) is 4.08. The Morgan fingerprint density at radius 3 is 2.72 bits per heavy atom. The molecule has 1 atom stereocenters. The zero-order valence-electron chi connectivity index (χ0n) is 9.89. The van der Waals surface area contributed by atoms with E-state index in [9.17, 15) is 8.60 Å². The molecular formula is C13H13FN2OS. The van der Waals surface area contributed by atoms with Gasteiger partial charge in [-0.2, -0.15) is 0 Å². The van der Waals surface area contributed by atoms with Crippen molar-refractivity contribution in [1.82, 2.24) is 4.98 Å². The van der Waals surface area contributed by atoms with Crippen LogP contribution in [0, 0.1) is 12.7 Å². The first-order chi connectivity index (χ1) is 8.54. The van der Waals surface area contributed by atoms with Gasteiger partial charge in [-0.15, -0.1) is 0 Å². The third kappa shape index (κ3) is 3.13. The van der Waals surface area contributed by atoms with Crippen LogP contribution in [0.5, 0.6) is 0 Å². The third-order valence-corrected chi connectivity index (χ3v) is 3.74. The van der Waals surface area contributed by atoms with E-state index in [1.807, 2.05) is 13.0 Å². The van der Waals surface area contributed by atoms with Crippen LogP contribution in [0.4, 0.5) is 10.1 Å². The van der Waals surface area contributed by atoms with E-state index >= 15 is 0 Å². The number of nitrogens with two attached hydrogens (primary N) is 1. The maximum atomic E-state index is 13.2. The molecule has 0 saturated heterocycles. The highest BCUT2D eigenvalue weighted by molar-refractivity contribution is 7.84. The van der Waals surface area contributed by atoms with Crippen LogP contribution < -0.4 is 5.73 Å². The van der Waals surface area contributed by atoms with Gasteiger partial charge in [0.05, 0.1) is 16.6 Å². The number of benzene rings is 1. The maximum Gasteiger partial charge on any atom is 0.126 e. The summed E-state index contributed by atoms with van der Waals surface area (Å²) in [5.41, 5.74) is 7.67. The zero-order valence-corrected chi connectivity index (χ0v) is 10.7. The number of nitrogen functional groups attached to an aromatic ring is 1. The molecule has 5 heteroatoms. The fourth-order valence-corrected chi connectivity index (χ4v) is 2.79. The molecule has 0 aliphatic carbocycles. The number of aromatic nitrogens is 1. The molecule has 2 N–H and O–H groups in total. The quantitative estimate of drug-likeness (QED) is 0.866. The van der Waals surface area contributed by atoms with Crippen LogP contribution in [-0.2, 0) is 16.6 Å². The van der Waals surface area contributed by atoms with E-state index in [4.69, 9.17) is 5.73 Å². The van der Waals surface area contributed by atoms with E-state index in [0.717, 1.165) is 11.1 Å². The summed E-state index contributed by atoms with van der Waals surface area (Å²) in [6.45, 7) is 1.92. The Bertz CT molecular complexity index is 581. The van der Waals surface area contributed by atoms with Gasteiger partial charge in [-0.25, -0.2) is 4.39 Å². The lowest BCUT2D eigenvalue weighted by atomic mass is 10.2. The number of nitrogens with zero attached hydrogens (tertiary/aromatic N) is 1. The second kappa shape index (κ2) is 5.27. The van der Waals surface area contributed by atoms with Crippen LogP contribution in [0.3, 0.4) is 0 Å². The summed E-state index contributed by atoms with van der Waals surface area (Å²) >= 11 is 0. The second-order valence-corrected chi connectivity index (χ2v) is 5.53. The number of rotatable bonds is 3. The minimum Gasteiger partial charge on any atom is -0.399 e. The first kappa shape index (κ1) is 12.7. The number of hydrogen-bond donors (Lipinski definition) is 1. The zero-order chi connectivity index (χ0) is 13.1. The molecule has 1 aromatic heterocycles. The van der Waals surface area contributed by atoms with Crippen LogP contribution >= 0.6 is 0 Å². The molecule has 3 nitrogen and oxygen atoms in total. The van der Waals surface area contributed by atoms with Crippen molar-refractivity contribution in [2.75, 3.05) is 5.73 Å². The first-order valence-electron chi connectivity index (χ1n) is 5.39. The maximum absolute atomic E-state index is 13.2. The van der Waals surface area contributed by atoms with E-state index in [-0.39, 0.29) is 5.69 Å². The summed E-state index contributed by atoms with van der Waals surface area (Å²) in [5.74, 6) is -0.168. The van der Waals surface area contributed by atoms with Gasteiger partial charge in [-0.1, -0.05) is 6.07 Å². The van der Waals surface area contributed by atoms with Crippen molar-refractivity contribution in [3.05, 3.63) is 53.6 Å². The van der Waals surface area contributed by atoms with Crippen LogP contribution in [-0.4, -0.2) is 9.19 Å². The Morgan fingerprint density at radius 1 is 1.28 bits per heavy atom. The van der Waals surface area contributed by atoms with E-state index in [1.54, 1.807) is 12.4 Å². The molecule has 0 aliphatic heterocycles. The van der Waals surface area contributed by atoms with Crippen LogP contribution in [0.2, 0.25) is 0 Å². The van der Waals surface area contributed by atoms with E-state index in [2.05, 4.69) is 4.98 Å². The summed E-state index contributed by atoms with van der Waals surface area (Å²) in [4.78, 5) is 4.43. The molecule has 94 valence electrons. The lowest BCUT2D eigenvalue weighted by Gasteiger charge is -2.04. The van der Waals surface area contributed by atoms with Crippen molar-refractivity contribution in [1.29, 1.82) is 0 Å². The topological polar surface area (TPSA) is 56.0 Å². The SMILES string of the molecule is Cc1cncc(CS(=O)c2cc(N)cc(F)c2)c1. The lowest BCUT2D eigenvalue weighted by Crippen LogP contribution is -1.99. The fraction of sp³-hybridized carbons (Fsp3) is 0.154. The monoisotopic (exact) mass is 264 g/mol. The molecule has 1 heterocycles. The number of halogens is 1. The summed E-state index contributed by atoms with van der Waals surface area (Å²) in [6.07, 6.45) is 3.39. The molecule has 0 aliphatic rings. The molecule has 0 amide bonds. The highest BCUT2D eigenvalue weighted by Gasteiger charge is 2.08. The molecule has 0 spiro atoms. The predicted molar refractivity (Wildman–Crippen MR) is 69.9 cm³/mol. The predicted octanol–water partition coefficient (Wildman–Crippen LogP) is 2.42. The van der Waals surface area contributed by atoms with Crippen molar-refractivity contribution < 1.29 is 8.60 Å². The minimum atomic E-state index is -1.32. The van der Waals surface area contributed by atoms with Gasteiger partial charge in [0.25, 0.3) is 0 Å². The van der Waals surface area contributed by atoms with Crippen molar-refractivity contribution in [3.63, 3.8) is 0 Å². The normalized spacial score (nSPS) is 12.3. The molecule has 0 bridgehead atoms. The summed E-state index contributed by atoms with van der Waals surface area (Å²) in [5, 5.41) is 0.